The van der Waals surface area contributed by atoms with Crippen LogP contribution in [0.4, 0.5) is 0 Å². The average molecular weight is 269 g/mol. The predicted octanol–water partition coefficient (Wildman–Crippen LogP) is 1.18. The van der Waals surface area contributed by atoms with Gasteiger partial charge < -0.3 is 10.6 Å². The standard InChI is InChI=1S/C12H17ClN4O/c1-6-10(13)11(16-15-6)12(18)17-4-8(7-2-3-7)9(14)5-17/h7-9H,2-5,14H2,1H3,(H,15,16)/t8-,9+/m1/s1. The molecule has 0 aromatic carbocycles. The molecule has 1 aliphatic heterocycles. The third-order valence-corrected chi connectivity index (χ3v) is 4.46. The van der Waals surface area contributed by atoms with Crippen molar-refractivity contribution in [3.8, 4) is 0 Å². The van der Waals surface area contributed by atoms with Crippen LogP contribution >= 0.6 is 11.6 Å². The zero-order valence-corrected chi connectivity index (χ0v) is 11.1. The van der Waals surface area contributed by atoms with Crippen molar-refractivity contribution in [1.29, 1.82) is 0 Å². The lowest BCUT2D eigenvalue weighted by atomic mass is 9.99. The van der Waals surface area contributed by atoms with Gasteiger partial charge in [0, 0.05) is 19.1 Å². The smallest absolute Gasteiger partial charge is 0.275 e. The highest BCUT2D eigenvalue weighted by atomic mass is 35.5. The van der Waals surface area contributed by atoms with Gasteiger partial charge in [-0.05, 0) is 31.6 Å². The Hall–Kier alpha value is -1.07. The van der Waals surface area contributed by atoms with E-state index in [4.69, 9.17) is 17.3 Å². The van der Waals surface area contributed by atoms with Crippen LogP contribution in [0.5, 0.6) is 0 Å². The van der Waals surface area contributed by atoms with Crippen molar-refractivity contribution in [2.24, 2.45) is 17.6 Å². The van der Waals surface area contributed by atoms with Crippen molar-refractivity contribution in [3.05, 3.63) is 16.4 Å². The van der Waals surface area contributed by atoms with Gasteiger partial charge in [-0.2, -0.15) is 5.10 Å². The molecule has 1 amide bonds. The number of carbonyl (C=O) groups is 1. The molecule has 2 atom stereocenters. The van der Waals surface area contributed by atoms with Crippen LogP contribution in [0.2, 0.25) is 5.02 Å². The molecule has 6 heteroatoms. The van der Waals surface area contributed by atoms with Crippen LogP contribution in [0.3, 0.4) is 0 Å². The molecule has 1 saturated heterocycles. The summed E-state index contributed by atoms with van der Waals surface area (Å²) >= 11 is 6.06. The number of nitrogens with two attached hydrogens (primary N) is 1. The van der Waals surface area contributed by atoms with Gasteiger partial charge in [0.1, 0.15) is 0 Å². The van der Waals surface area contributed by atoms with Gasteiger partial charge in [-0.3, -0.25) is 9.89 Å². The zero-order valence-electron chi connectivity index (χ0n) is 10.3. The molecule has 0 radical (unpaired) electrons. The maximum absolute atomic E-state index is 12.3. The minimum Gasteiger partial charge on any atom is -0.335 e. The van der Waals surface area contributed by atoms with Gasteiger partial charge in [0.25, 0.3) is 5.91 Å². The Labute approximate surface area is 111 Å². The molecule has 5 nitrogen and oxygen atoms in total. The fourth-order valence-electron chi connectivity index (χ4n) is 2.75. The second-order valence-corrected chi connectivity index (χ2v) is 5.76. The number of amides is 1. The quantitative estimate of drug-likeness (QED) is 0.846. The molecule has 3 N–H and O–H groups in total. The van der Waals surface area contributed by atoms with Crippen molar-refractivity contribution >= 4 is 17.5 Å². The Morgan fingerprint density at radius 1 is 1.50 bits per heavy atom. The summed E-state index contributed by atoms with van der Waals surface area (Å²) in [4.78, 5) is 14.1. The predicted molar refractivity (Wildman–Crippen MR) is 68.4 cm³/mol. The van der Waals surface area contributed by atoms with Crippen LogP contribution in [-0.2, 0) is 0 Å². The van der Waals surface area contributed by atoms with Crippen molar-refractivity contribution < 1.29 is 4.79 Å². The molecule has 1 aromatic heterocycles. The lowest BCUT2D eigenvalue weighted by Crippen LogP contribution is -2.32. The third kappa shape index (κ3) is 1.91. The van der Waals surface area contributed by atoms with E-state index in [-0.39, 0.29) is 11.9 Å². The molecule has 0 bridgehead atoms. The highest BCUT2D eigenvalue weighted by Crippen LogP contribution is 2.41. The number of aromatic nitrogens is 2. The van der Waals surface area contributed by atoms with Gasteiger partial charge in [-0.25, -0.2) is 0 Å². The molecule has 0 unspecified atom stereocenters. The SMILES string of the molecule is Cc1[nH]nc(C(=O)N2C[C@H](C3CC3)[C@@H](N)C2)c1Cl. The van der Waals surface area contributed by atoms with Gasteiger partial charge in [0.2, 0.25) is 0 Å². The number of likely N-dealkylation sites (tertiary alicyclic amines) is 1. The van der Waals surface area contributed by atoms with E-state index in [2.05, 4.69) is 10.2 Å². The first kappa shape index (κ1) is 12.0. The topological polar surface area (TPSA) is 75.0 Å². The lowest BCUT2D eigenvalue weighted by Gasteiger charge is -2.14. The van der Waals surface area contributed by atoms with Crippen molar-refractivity contribution in [2.75, 3.05) is 13.1 Å². The summed E-state index contributed by atoms with van der Waals surface area (Å²) in [5.41, 5.74) is 7.16. The normalized spacial score (nSPS) is 27.8. The highest BCUT2D eigenvalue weighted by molar-refractivity contribution is 6.34. The van der Waals surface area contributed by atoms with Gasteiger partial charge in [-0.1, -0.05) is 11.6 Å². The van der Waals surface area contributed by atoms with Crippen molar-refractivity contribution in [1.82, 2.24) is 15.1 Å². The number of hydrogen-bond acceptors (Lipinski definition) is 3. The summed E-state index contributed by atoms with van der Waals surface area (Å²) in [6.45, 7) is 3.16. The average Bonchev–Trinajstić information content (AvgIpc) is 3.04. The number of hydrogen-bond donors (Lipinski definition) is 2. The monoisotopic (exact) mass is 268 g/mol. The molecule has 1 aromatic rings. The van der Waals surface area contributed by atoms with Gasteiger partial charge in [0.05, 0.1) is 10.7 Å². The summed E-state index contributed by atoms with van der Waals surface area (Å²) in [7, 11) is 0. The van der Waals surface area contributed by atoms with Gasteiger partial charge >= 0.3 is 0 Å². The number of nitrogens with zero attached hydrogens (tertiary/aromatic N) is 2. The number of aromatic amines is 1. The second kappa shape index (κ2) is 4.24. The minimum atomic E-state index is -0.108. The Balaban J connectivity index is 1.75. The van der Waals surface area contributed by atoms with E-state index in [1.807, 2.05) is 0 Å². The summed E-state index contributed by atoms with van der Waals surface area (Å²) < 4.78 is 0. The van der Waals surface area contributed by atoms with E-state index in [1.54, 1.807) is 11.8 Å². The van der Waals surface area contributed by atoms with E-state index in [1.165, 1.54) is 12.8 Å². The Morgan fingerprint density at radius 3 is 2.78 bits per heavy atom. The summed E-state index contributed by atoms with van der Waals surface area (Å²) in [6.07, 6.45) is 2.51. The van der Waals surface area contributed by atoms with Gasteiger partial charge in [0.15, 0.2) is 5.69 Å². The van der Waals surface area contributed by atoms with Gasteiger partial charge in [-0.15, -0.1) is 0 Å². The number of aryl methyl sites for hydroxylation is 1. The molecule has 3 rings (SSSR count). The number of halogens is 1. The molecule has 0 spiro atoms. The van der Waals surface area contributed by atoms with Crippen LogP contribution in [0, 0.1) is 18.8 Å². The molecular formula is C12H17ClN4O. The Bertz CT molecular complexity index is 482. The Kier molecular flexibility index (Phi) is 2.83. The van der Waals surface area contributed by atoms with E-state index in [0.29, 0.717) is 29.1 Å². The fraction of sp³-hybridized carbons (Fsp3) is 0.667. The van der Waals surface area contributed by atoms with E-state index >= 15 is 0 Å². The van der Waals surface area contributed by atoms with Crippen molar-refractivity contribution in [3.63, 3.8) is 0 Å². The van der Waals surface area contributed by atoms with E-state index in [0.717, 1.165) is 12.2 Å². The molecule has 18 heavy (non-hydrogen) atoms. The lowest BCUT2D eigenvalue weighted by molar-refractivity contribution is 0.0779. The van der Waals surface area contributed by atoms with Crippen LogP contribution in [0.1, 0.15) is 29.0 Å². The Morgan fingerprint density at radius 2 is 2.22 bits per heavy atom. The highest BCUT2D eigenvalue weighted by Gasteiger charge is 2.42. The first-order valence-electron chi connectivity index (χ1n) is 6.33. The molecule has 2 heterocycles. The molecule has 2 fully saturated rings. The zero-order chi connectivity index (χ0) is 12.9. The third-order valence-electron chi connectivity index (χ3n) is 4.00. The molecule has 1 saturated carbocycles. The molecule has 1 aliphatic carbocycles. The minimum absolute atomic E-state index is 0.0975. The fourth-order valence-corrected chi connectivity index (χ4v) is 2.92. The number of carbonyl (C=O) groups excluding carboxylic acids is 1. The maximum atomic E-state index is 12.3. The largest absolute Gasteiger partial charge is 0.335 e. The van der Waals surface area contributed by atoms with Crippen LogP contribution in [0.15, 0.2) is 0 Å². The van der Waals surface area contributed by atoms with Crippen molar-refractivity contribution in [2.45, 2.75) is 25.8 Å². The molecule has 2 aliphatic rings. The summed E-state index contributed by atoms with van der Waals surface area (Å²) in [6, 6.07) is 0.0975. The number of rotatable bonds is 2. The number of H-pyrrole nitrogens is 1. The first-order chi connectivity index (χ1) is 8.58. The van der Waals surface area contributed by atoms with Crippen LogP contribution in [0.25, 0.3) is 0 Å². The van der Waals surface area contributed by atoms with E-state index < -0.39 is 0 Å². The first-order valence-corrected chi connectivity index (χ1v) is 6.71. The molecular weight excluding hydrogens is 252 g/mol. The molecule has 98 valence electrons. The summed E-state index contributed by atoms with van der Waals surface area (Å²) in [5, 5.41) is 7.14. The number of nitrogens with one attached hydrogen (secondary N) is 1. The van der Waals surface area contributed by atoms with Crippen LogP contribution < -0.4 is 5.73 Å². The van der Waals surface area contributed by atoms with E-state index in [9.17, 15) is 4.79 Å². The maximum Gasteiger partial charge on any atom is 0.275 e. The summed E-state index contributed by atoms with van der Waals surface area (Å²) in [5.74, 6) is 1.06. The second-order valence-electron chi connectivity index (χ2n) is 5.39. The van der Waals surface area contributed by atoms with Crippen LogP contribution in [-0.4, -0.2) is 40.1 Å².